The highest BCUT2D eigenvalue weighted by molar-refractivity contribution is 6.31. The zero-order chi connectivity index (χ0) is 29.5. The lowest BCUT2D eigenvalue weighted by Crippen LogP contribution is -2.34. The number of hydrogen-bond donors (Lipinski definition) is 2. The summed E-state index contributed by atoms with van der Waals surface area (Å²) in [6.45, 7) is 3.77. The number of anilines is 1. The first-order chi connectivity index (χ1) is 19.7. The number of methoxy groups -OCH3 is 1. The monoisotopic (exact) mass is 571 g/mol. The SMILES string of the molecule is CCNC(=O)c1ccc(NC(=O)[C@H](Cc2ccccc2)n2cc(OC)c(-c3cc(Cl)ccc3C(C)=O)cc2=O)cc1. The molecule has 0 fully saturated rings. The van der Waals surface area contributed by atoms with Gasteiger partial charge in [-0.2, -0.15) is 0 Å². The van der Waals surface area contributed by atoms with Gasteiger partial charge in [0.1, 0.15) is 11.8 Å². The number of halogens is 1. The summed E-state index contributed by atoms with van der Waals surface area (Å²) in [5.41, 5.74) is 2.57. The van der Waals surface area contributed by atoms with Crippen molar-refractivity contribution < 1.29 is 19.1 Å². The van der Waals surface area contributed by atoms with Crippen LogP contribution in [0.4, 0.5) is 5.69 Å². The van der Waals surface area contributed by atoms with Gasteiger partial charge in [0.25, 0.3) is 11.5 Å². The van der Waals surface area contributed by atoms with Crippen LogP contribution in [-0.4, -0.2) is 35.8 Å². The van der Waals surface area contributed by atoms with Crippen molar-refractivity contribution in [1.82, 2.24) is 9.88 Å². The van der Waals surface area contributed by atoms with Gasteiger partial charge in [-0.25, -0.2) is 0 Å². The van der Waals surface area contributed by atoms with Crippen LogP contribution in [0.25, 0.3) is 11.1 Å². The minimum absolute atomic E-state index is 0.192. The summed E-state index contributed by atoms with van der Waals surface area (Å²) < 4.78 is 6.97. The Kier molecular flexibility index (Phi) is 9.37. The van der Waals surface area contributed by atoms with Crippen molar-refractivity contribution in [2.45, 2.75) is 26.3 Å². The number of benzene rings is 3. The van der Waals surface area contributed by atoms with E-state index in [0.29, 0.717) is 45.3 Å². The third-order valence-electron chi connectivity index (χ3n) is 6.58. The fourth-order valence-electron chi connectivity index (χ4n) is 4.54. The Morgan fingerprint density at radius 1 is 0.951 bits per heavy atom. The lowest BCUT2D eigenvalue weighted by molar-refractivity contribution is -0.119. The smallest absolute Gasteiger partial charge is 0.252 e. The molecule has 1 aromatic heterocycles. The molecule has 2 N–H and O–H groups in total. The highest BCUT2D eigenvalue weighted by Gasteiger charge is 2.25. The van der Waals surface area contributed by atoms with E-state index in [-0.39, 0.29) is 18.1 Å². The maximum atomic E-state index is 13.7. The first kappa shape index (κ1) is 29.3. The molecule has 0 aliphatic carbocycles. The average molecular weight is 572 g/mol. The quantitative estimate of drug-likeness (QED) is 0.243. The Morgan fingerprint density at radius 2 is 1.66 bits per heavy atom. The highest BCUT2D eigenvalue weighted by Crippen LogP contribution is 2.34. The minimum atomic E-state index is -0.942. The topological polar surface area (TPSA) is 106 Å². The molecule has 8 nitrogen and oxygen atoms in total. The Labute approximate surface area is 242 Å². The van der Waals surface area contributed by atoms with E-state index in [4.69, 9.17) is 16.3 Å². The molecule has 4 rings (SSSR count). The molecule has 0 aliphatic rings. The number of ketones is 1. The highest BCUT2D eigenvalue weighted by atomic mass is 35.5. The molecule has 4 aromatic rings. The molecule has 0 aliphatic heterocycles. The summed E-state index contributed by atoms with van der Waals surface area (Å²) in [6.07, 6.45) is 1.70. The van der Waals surface area contributed by atoms with Crippen LogP contribution in [0.5, 0.6) is 5.75 Å². The number of nitrogens with zero attached hydrogens (tertiary/aromatic N) is 1. The molecule has 1 atom stereocenters. The van der Waals surface area contributed by atoms with E-state index in [1.54, 1.807) is 42.5 Å². The average Bonchev–Trinajstić information content (AvgIpc) is 2.96. The number of aromatic nitrogens is 1. The normalized spacial score (nSPS) is 11.4. The maximum Gasteiger partial charge on any atom is 0.252 e. The minimum Gasteiger partial charge on any atom is -0.495 e. The van der Waals surface area contributed by atoms with E-state index in [1.165, 1.54) is 30.9 Å². The molecular weight excluding hydrogens is 542 g/mol. The maximum absolute atomic E-state index is 13.7. The third-order valence-corrected chi connectivity index (χ3v) is 6.81. The summed E-state index contributed by atoms with van der Waals surface area (Å²) >= 11 is 6.23. The molecule has 0 spiro atoms. The molecule has 2 amide bonds. The van der Waals surface area contributed by atoms with Crippen molar-refractivity contribution in [3.63, 3.8) is 0 Å². The second-order valence-electron chi connectivity index (χ2n) is 9.38. The van der Waals surface area contributed by atoms with E-state index >= 15 is 0 Å². The summed E-state index contributed by atoms with van der Waals surface area (Å²) in [4.78, 5) is 51.7. The lowest BCUT2D eigenvalue weighted by Gasteiger charge is -2.22. The molecule has 0 unspecified atom stereocenters. The van der Waals surface area contributed by atoms with Gasteiger partial charge < -0.3 is 15.4 Å². The van der Waals surface area contributed by atoms with Crippen molar-refractivity contribution in [3.8, 4) is 16.9 Å². The van der Waals surface area contributed by atoms with Gasteiger partial charge in [0.2, 0.25) is 5.91 Å². The van der Waals surface area contributed by atoms with Crippen molar-refractivity contribution in [2.75, 3.05) is 19.0 Å². The summed E-state index contributed by atoms with van der Waals surface area (Å²) in [6, 6.07) is 21.1. The molecule has 1 heterocycles. The van der Waals surface area contributed by atoms with Crippen molar-refractivity contribution in [3.05, 3.63) is 117 Å². The second-order valence-corrected chi connectivity index (χ2v) is 9.82. The van der Waals surface area contributed by atoms with Gasteiger partial charge in [-0.05, 0) is 67.4 Å². The molecule has 0 radical (unpaired) electrons. The molecule has 0 bridgehead atoms. The Bertz CT molecular complexity index is 1630. The van der Waals surface area contributed by atoms with Gasteiger partial charge >= 0.3 is 0 Å². The standard InChI is InChI=1S/C32H30ClN3O5/c1-4-34-31(39)22-10-13-24(14-11-22)35-32(40)28(16-21-8-6-5-7-9-21)36-19-29(41-3)27(18-30(36)38)26-17-23(33)12-15-25(26)20(2)37/h5-15,17-19,28H,4,16H2,1-3H3,(H,34,39)(H,35,40)/t28-/m0/s1. The van der Waals surface area contributed by atoms with Crippen molar-refractivity contribution in [2.24, 2.45) is 0 Å². The number of carbonyl (C=O) groups excluding carboxylic acids is 3. The number of Topliss-reactive ketones (excluding diaryl/α,β-unsaturated/α-hetero) is 1. The van der Waals surface area contributed by atoms with E-state index in [0.717, 1.165) is 5.56 Å². The zero-order valence-electron chi connectivity index (χ0n) is 22.9. The van der Waals surface area contributed by atoms with Crippen molar-refractivity contribution in [1.29, 1.82) is 0 Å². The van der Waals surface area contributed by atoms with Crippen LogP contribution in [0.15, 0.2) is 89.9 Å². The van der Waals surface area contributed by atoms with E-state index in [2.05, 4.69) is 10.6 Å². The van der Waals surface area contributed by atoms with E-state index in [1.807, 2.05) is 37.3 Å². The summed E-state index contributed by atoms with van der Waals surface area (Å²) in [5.74, 6) is -0.531. The predicted octanol–water partition coefficient (Wildman–Crippen LogP) is 5.55. The van der Waals surface area contributed by atoms with Crippen molar-refractivity contribution >= 4 is 34.9 Å². The van der Waals surface area contributed by atoms with Gasteiger partial charge in [0.05, 0.1) is 13.3 Å². The summed E-state index contributed by atoms with van der Waals surface area (Å²) in [5, 5.41) is 6.00. The molecule has 0 saturated carbocycles. The Morgan fingerprint density at radius 3 is 2.29 bits per heavy atom. The van der Waals surface area contributed by atoms with Crippen LogP contribution in [0.1, 0.15) is 46.2 Å². The number of amides is 2. The molecular formula is C32H30ClN3O5. The lowest BCUT2D eigenvalue weighted by atomic mass is 9.97. The molecule has 3 aromatic carbocycles. The molecule has 41 heavy (non-hydrogen) atoms. The van der Waals surface area contributed by atoms with Gasteiger partial charge in [-0.3, -0.25) is 23.7 Å². The van der Waals surface area contributed by atoms with Gasteiger partial charge in [0, 0.05) is 46.4 Å². The number of carbonyl (C=O) groups is 3. The Hall–Kier alpha value is -4.69. The third kappa shape index (κ3) is 6.91. The number of hydrogen-bond acceptors (Lipinski definition) is 5. The predicted molar refractivity (Wildman–Crippen MR) is 160 cm³/mol. The number of ether oxygens (including phenoxy) is 1. The van der Waals surface area contributed by atoms with Crippen LogP contribution in [0, 0.1) is 0 Å². The first-order valence-electron chi connectivity index (χ1n) is 13.1. The van der Waals surface area contributed by atoms with Crippen LogP contribution in [-0.2, 0) is 11.2 Å². The van der Waals surface area contributed by atoms with E-state index in [9.17, 15) is 19.2 Å². The van der Waals surface area contributed by atoms with Gasteiger partial charge in [-0.15, -0.1) is 0 Å². The Balaban J connectivity index is 1.75. The van der Waals surface area contributed by atoms with Crippen LogP contribution in [0.3, 0.4) is 0 Å². The van der Waals surface area contributed by atoms with Gasteiger partial charge in [-0.1, -0.05) is 41.9 Å². The van der Waals surface area contributed by atoms with Crippen LogP contribution < -0.4 is 20.9 Å². The molecule has 0 saturated heterocycles. The summed E-state index contributed by atoms with van der Waals surface area (Å²) in [7, 11) is 1.45. The number of nitrogens with one attached hydrogen (secondary N) is 2. The van der Waals surface area contributed by atoms with Crippen LogP contribution in [0.2, 0.25) is 5.02 Å². The fraction of sp³-hybridized carbons (Fsp3) is 0.188. The number of rotatable bonds is 10. The van der Waals surface area contributed by atoms with Gasteiger partial charge in [0.15, 0.2) is 5.78 Å². The second kappa shape index (κ2) is 13.1. The molecule has 210 valence electrons. The first-order valence-corrected chi connectivity index (χ1v) is 13.4. The molecule has 9 heteroatoms. The van der Waals surface area contributed by atoms with E-state index < -0.39 is 17.5 Å². The van der Waals surface area contributed by atoms with Crippen LogP contribution >= 0.6 is 11.6 Å². The largest absolute Gasteiger partial charge is 0.495 e. The zero-order valence-corrected chi connectivity index (χ0v) is 23.7. The fourth-order valence-corrected chi connectivity index (χ4v) is 4.71. The number of pyridine rings is 1.